The van der Waals surface area contributed by atoms with Crippen LogP contribution in [-0.4, -0.2) is 58.8 Å². The van der Waals surface area contributed by atoms with Crippen molar-refractivity contribution < 1.29 is 19.1 Å². The van der Waals surface area contributed by atoms with Crippen LogP contribution in [0.25, 0.3) is 10.9 Å². The highest BCUT2D eigenvalue weighted by atomic mass is 79.9. The lowest BCUT2D eigenvalue weighted by atomic mass is 9.95. The molecule has 2 atom stereocenters. The number of hydrogen-bond acceptors (Lipinski definition) is 7. The Morgan fingerprint density at radius 3 is 2.66 bits per heavy atom. The first-order chi connectivity index (χ1) is 17.9. The van der Waals surface area contributed by atoms with Crippen LogP contribution in [0.1, 0.15) is 59.4 Å². The molecular weight excluding hydrogens is 548 g/mol. The number of alkyl carbamates (subject to hydrolysis) is 1. The van der Waals surface area contributed by atoms with Gasteiger partial charge in [-0.25, -0.2) is 9.78 Å². The van der Waals surface area contributed by atoms with Gasteiger partial charge in [0.05, 0.1) is 5.52 Å². The summed E-state index contributed by atoms with van der Waals surface area (Å²) in [5.74, 6) is 0.526. The van der Waals surface area contributed by atoms with E-state index in [1.165, 1.54) is 0 Å². The Bertz CT molecular complexity index is 1280. The van der Waals surface area contributed by atoms with Gasteiger partial charge >= 0.3 is 6.09 Å². The minimum absolute atomic E-state index is 0.0326. The van der Waals surface area contributed by atoms with Crippen LogP contribution in [0.4, 0.5) is 10.6 Å². The molecule has 2 N–H and O–H groups in total. The summed E-state index contributed by atoms with van der Waals surface area (Å²) in [5.41, 5.74) is 2.60. The second kappa shape index (κ2) is 11.5. The van der Waals surface area contributed by atoms with E-state index >= 15 is 0 Å². The zero-order valence-corrected chi connectivity index (χ0v) is 24.4. The van der Waals surface area contributed by atoms with Crippen molar-refractivity contribution >= 4 is 50.3 Å². The van der Waals surface area contributed by atoms with E-state index in [-0.39, 0.29) is 29.6 Å². The number of nitrogens with one attached hydrogen (secondary N) is 2. The second-order valence-electron chi connectivity index (χ2n) is 11.3. The number of ether oxygens (including phenoxy) is 1. The number of carbonyl (C=O) groups is 3. The van der Waals surface area contributed by atoms with Crippen LogP contribution in [0.3, 0.4) is 0 Å². The highest BCUT2D eigenvalue weighted by Gasteiger charge is 2.28. The van der Waals surface area contributed by atoms with Crippen LogP contribution in [-0.2, 0) is 20.9 Å². The SMILES string of the molecule is CC1=C(C)C(=O)C(CNc2cc(CN3CCC(NC(=O)OC(C)(C)C)C3)c3ccc(Br)cc3n2)CCC1=O. The molecule has 2 heterocycles. The quantitative estimate of drug-likeness (QED) is 0.469. The van der Waals surface area contributed by atoms with E-state index in [0.29, 0.717) is 42.9 Å². The van der Waals surface area contributed by atoms with E-state index in [2.05, 4.69) is 37.5 Å². The number of carbonyl (C=O) groups excluding carboxylic acids is 3. The molecule has 1 aliphatic heterocycles. The molecule has 2 unspecified atom stereocenters. The average Bonchev–Trinajstić information content (AvgIpc) is 3.23. The van der Waals surface area contributed by atoms with Crippen LogP contribution in [0.2, 0.25) is 0 Å². The Morgan fingerprint density at radius 1 is 1.16 bits per heavy atom. The Balaban J connectivity index is 1.47. The predicted octanol–water partition coefficient (Wildman–Crippen LogP) is 5.39. The van der Waals surface area contributed by atoms with Crippen molar-refractivity contribution in [2.45, 2.75) is 72.1 Å². The first kappa shape index (κ1) is 28.2. The van der Waals surface area contributed by atoms with Crippen molar-refractivity contribution in [3.8, 4) is 0 Å². The Morgan fingerprint density at radius 2 is 1.92 bits per heavy atom. The molecule has 1 saturated heterocycles. The summed E-state index contributed by atoms with van der Waals surface area (Å²) in [7, 11) is 0. The van der Waals surface area contributed by atoms with Gasteiger partial charge in [0.1, 0.15) is 11.4 Å². The van der Waals surface area contributed by atoms with Gasteiger partial charge in [0.15, 0.2) is 11.6 Å². The minimum atomic E-state index is -0.527. The number of Topliss-reactive ketones (excluding diaryl/α,β-unsaturated/α-hetero) is 2. The minimum Gasteiger partial charge on any atom is -0.444 e. The van der Waals surface area contributed by atoms with Crippen LogP contribution >= 0.6 is 15.9 Å². The lowest BCUT2D eigenvalue weighted by molar-refractivity contribution is -0.118. The molecule has 0 saturated carbocycles. The molecule has 1 aromatic carbocycles. The van der Waals surface area contributed by atoms with Crippen molar-refractivity contribution in [3.05, 3.63) is 45.4 Å². The fraction of sp³-hybridized carbons (Fsp3) is 0.517. The van der Waals surface area contributed by atoms with Gasteiger partial charge in [0.25, 0.3) is 0 Å². The average molecular weight is 586 g/mol. The summed E-state index contributed by atoms with van der Waals surface area (Å²) in [4.78, 5) is 44.5. The van der Waals surface area contributed by atoms with E-state index < -0.39 is 5.60 Å². The van der Waals surface area contributed by atoms with Gasteiger partial charge in [-0.05, 0) is 82.4 Å². The topological polar surface area (TPSA) is 101 Å². The van der Waals surface area contributed by atoms with E-state index in [4.69, 9.17) is 9.72 Å². The van der Waals surface area contributed by atoms with Gasteiger partial charge in [-0.2, -0.15) is 0 Å². The predicted molar refractivity (Wildman–Crippen MR) is 152 cm³/mol. The number of amides is 1. The molecule has 8 nitrogen and oxygen atoms in total. The number of ketones is 2. The van der Waals surface area contributed by atoms with Gasteiger partial charge in [-0.3, -0.25) is 14.5 Å². The van der Waals surface area contributed by atoms with Crippen molar-refractivity contribution in [2.75, 3.05) is 25.0 Å². The number of benzene rings is 1. The maximum Gasteiger partial charge on any atom is 0.407 e. The summed E-state index contributed by atoms with van der Waals surface area (Å²) < 4.78 is 6.36. The number of nitrogens with zero attached hydrogens (tertiary/aromatic N) is 2. The fourth-order valence-electron chi connectivity index (χ4n) is 5.05. The van der Waals surface area contributed by atoms with Crippen LogP contribution < -0.4 is 10.6 Å². The zero-order valence-electron chi connectivity index (χ0n) is 22.8. The first-order valence-corrected chi connectivity index (χ1v) is 14.0. The second-order valence-corrected chi connectivity index (χ2v) is 12.3. The number of pyridine rings is 1. The molecule has 1 aromatic heterocycles. The Hall–Kier alpha value is -2.78. The number of aromatic nitrogens is 1. The normalized spacial score (nSPS) is 21.1. The third kappa shape index (κ3) is 6.99. The molecule has 4 rings (SSSR count). The summed E-state index contributed by atoms with van der Waals surface area (Å²) in [6, 6.07) is 8.15. The van der Waals surface area contributed by atoms with Gasteiger partial charge in [-0.1, -0.05) is 22.0 Å². The van der Waals surface area contributed by atoms with E-state index in [9.17, 15) is 14.4 Å². The number of likely N-dealkylation sites (tertiary alicyclic amines) is 1. The van der Waals surface area contributed by atoms with Crippen molar-refractivity contribution in [3.63, 3.8) is 0 Å². The maximum absolute atomic E-state index is 12.9. The lowest BCUT2D eigenvalue weighted by Crippen LogP contribution is -2.40. The molecule has 1 aliphatic carbocycles. The summed E-state index contributed by atoms with van der Waals surface area (Å²) >= 11 is 3.55. The molecule has 2 aliphatic rings. The number of rotatable bonds is 6. The number of anilines is 1. The molecule has 0 radical (unpaired) electrons. The number of fused-ring (bicyclic) bond motifs is 1. The maximum atomic E-state index is 12.9. The monoisotopic (exact) mass is 584 g/mol. The van der Waals surface area contributed by atoms with Gasteiger partial charge in [-0.15, -0.1) is 0 Å². The molecule has 9 heteroatoms. The number of allylic oxidation sites excluding steroid dienone is 2. The fourth-order valence-corrected chi connectivity index (χ4v) is 5.40. The molecule has 0 spiro atoms. The molecule has 1 amide bonds. The largest absolute Gasteiger partial charge is 0.444 e. The molecule has 204 valence electrons. The molecular formula is C29H37BrN4O4. The van der Waals surface area contributed by atoms with E-state index in [0.717, 1.165) is 40.4 Å². The molecule has 0 bridgehead atoms. The summed E-state index contributed by atoms with van der Waals surface area (Å²) in [6.07, 6.45) is 1.39. The Kier molecular flexibility index (Phi) is 8.57. The molecule has 38 heavy (non-hydrogen) atoms. The molecule has 1 fully saturated rings. The smallest absolute Gasteiger partial charge is 0.407 e. The van der Waals surface area contributed by atoms with E-state index in [1.807, 2.05) is 39.0 Å². The Labute approximate surface area is 232 Å². The standard InChI is InChI=1S/C29H37BrN4O4/c1-17-18(2)27(36)19(6-9-25(17)35)14-31-26-12-20(23-8-7-21(30)13-24(23)33-26)15-34-11-10-22(16-34)32-28(37)38-29(3,4)5/h7-8,12-13,19,22H,6,9-11,14-16H2,1-5H3,(H,31,33)(H,32,37). The highest BCUT2D eigenvalue weighted by Crippen LogP contribution is 2.28. The van der Waals surface area contributed by atoms with Crippen LogP contribution in [0.5, 0.6) is 0 Å². The van der Waals surface area contributed by atoms with Crippen LogP contribution in [0, 0.1) is 5.92 Å². The van der Waals surface area contributed by atoms with Gasteiger partial charge < -0.3 is 15.4 Å². The van der Waals surface area contributed by atoms with Gasteiger partial charge in [0, 0.05) is 54.4 Å². The number of halogens is 1. The van der Waals surface area contributed by atoms with E-state index in [1.54, 1.807) is 13.8 Å². The van der Waals surface area contributed by atoms with Crippen molar-refractivity contribution in [1.29, 1.82) is 0 Å². The molecule has 2 aromatic rings. The zero-order chi connectivity index (χ0) is 27.6. The lowest BCUT2D eigenvalue weighted by Gasteiger charge is -2.22. The van der Waals surface area contributed by atoms with Crippen LogP contribution in [0.15, 0.2) is 39.9 Å². The van der Waals surface area contributed by atoms with Crippen molar-refractivity contribution in [2.24, 2.45) is 5.92 Å². The van der Waals surface area contributed by atoms with Gasteiger partial charge in [0.2, 0.25) is 0 Å². The third-order valence-corrected chi connectivity index (χ3v) is 7.71. The third-order valence-electron chi connectivity index (χ3n) is 7.22. The summed E-state index contributed by atoms with van der Waals surface area (Å²) in [5, 5.41) is 7.44. The van der Waals surface area contributed by atoms with Crippen molar-refractivity contribution in [1.82, 2.24) is 15.2 Å². The highest BCUT2D eigenvalue weighted by molar-refractivity contribution is 9.10. The first-order valence-electron chi connectivity index (χ1n) is 13.2. The number of hydrogen-bond donors (Lipinski definition) is 2. The summed E-state index contributed by atoms with van der Waals surface area (Å²) in [6.45, 7) is 11.8.